The predicted octanol–water partition coefficient (Wildman–Crippen LogP) is 6.26. The molecule has 0 radical (unpaired) electrons. The van der Waals surface area contributed by atoms with E-state index < -0.39 is 0 Å². The summed E-state index contributed by atoms with van der Waals surface area (Å²) in [6.07, 6.45) is 4.13. The molecule has 160 valence electrons. The molecule has 0 saturated carbocycles. The van der Waals surface area contributed by atoms with Crippen molar-refractivity contribution in [1.29, 1.82) is 0 Å². The number of aryl methyl sites for hydroxylation is 1. The number of hydrogen-bond acceptors (Lipinski definition) is 5. The van der Waals surface area contributed by atoms with E-state index >= 15 is 0 Å². The zero-order chi connectivity index (χ0) is 21.4. The lowest BCUT2D eigenvalue weighted by molar-refractivity contribution is 0.340. The van der Waals surface area contributed by atoms with Gasteiger partial charge in [-0.2, -0.15) is 4.98 Å². The molecule has 30 heavy (non-hydrogen) atoms. The molecule has 2 aromatic carbocycles. The van der Waals surface area contributed by atoms with E-state index in [0.717, 1.165) is 55.4 Å². The van der Waals surface area contributed by atoms with Crippen LogP contribution in [0, 0.1) is 0 Å². The van der Waals surface area contributed by atoms with Gasteiger partial charge in [-0.15, -0.1) is 0 Å². The van der Waals surface area contributed by atoms with E-state index in [9.17, 15) is 0 Å². The second-order valence-electron chi connectivity index (χ2n) is 8.54. The summed E-state index contributed by atoms with van der Waals surface area (Å²) in [7, 11) is 0. The third kappa shape index (κ3) is 6.34. The molecule has 0 fully saturated rings. The number of nitrogens with zero attached hydrogens (tertiary/aromatic N) is 2. The molecule has 0 saturated heterocycles. The zero-order valence-corrected chi connectivity index (χ0v) is 18.6. The minimum atomic E-state index is -0.0640. The van der Waals surface area contributed by atoms with Gasteiger partial charge in [0.2, 0.25) is 5.89 Å². The molecule has 0 bridgehead atoms. The van der Waals surface area contributed by atoms with Gasteiger partial charge in [0, 0.05) is 24.1 Å². The molecule has 0 aliphatic heterocycles. The van der Waals surface area contributed by atoms with Crippen LogP contribution in [0.4, 0.5) is 5.69 Å². The molecule has 0 amide bonds. The topological polar surface area (TPSA) is 60.2 Å². The van der Waals surface area contributed by atoms with Crippen molar-refractivity contribution in [2.45, 2.75) is 58.8 Å². The van der Waals surface area contributed by atoms with Crippen molar-refractivity contribution in [3.8, 4) is 16.9 Å². The highest BCUT2D eigenvalue weighted by Gasteiger charge is 2.20. The zero-order valence-electron chi connectivity index (χ0n) is 18.6. The maximum absolute atomic E-state index is 5.52. The van der Waals surface area contributed by atoms with Crippen molar-refractivity contribution in [2.75, 3.05) is 18.5 Å². The van der Waals surface area contributed by atoms with Gasteiger partial charge in [0.15, 0.2) is 5.82 Å². The van der Waals surface area contributed by atoms with Gasteiger partial charge in [-0.1, -0.05) is 56.6 Å². The molecule has 3 aromatic rings. The summed E-state index contributed by atoms with van der Waals surface area (Å²) in [5, 5.41) is 7.62. The van der Waals surface area contributed by atoms with E-state index in [-0.39, 0.29) is 5.41 Å². The largest absolute Gasteiger partial charge is 0.494 e. The summed E-state index contributed by atoms with van der Waals surface area (Å²) in [6.45, 7) is 9.92. The molecular formula is C25H33N3O2. The first kappa shape index (κ1) is 21.9. The third-order valence-corrected chi connectivity index (χ3v) is 4.90. The first-order valence-corrected chi connectivity index (χ1v) is 10.9. The second kappa shape index (κ2) is 10.3. The van der Waals surface area contributed by atoms with Crippen LogP contribution in [0.3, 0.4) is 0 Å². The Kier molecular flexibility index (Phi) is 7.50. The van der Waals surface area contributed by atoms with Crippen molar-refractivity contribution in [2.24, 2.45) is 0 Å². The number of nitrogens with one attached hydrogen (secondary N) is 1. The lowest BCUT2D eigenvalue weighted by Crippen LogP contribution is -2.13. The minimum absolute atomic E-state index is 0.0640. The fraction of sp³-hybridized carbons (Fsp3) is 0.440. The summed E-state index contributed by atoms with van der Waals surface area (Å²) >= 11 is 0. The van der Waals surface area contributed by atoms with E-state index in [1.54, 1.807) is 0 Å². The number of ether oxygens (including phenoxy) is 1. The number of benzene rings is 2. The van der Waals surface area contributed by atoms with E-state index in [4.69, 9.17) is 9.26 Å². The normalized spacial score (nSPS) is 11.5. The van der Waals surface area contributed by atoms with E-state index in [0.29, 0.717) is 6.61 Å². The maximum atomic E-state index is 5.52. The molecule has 0 aliphatic rings. The predicted molar refractivity (Wildman–Crippen MR) is 122 cm³/mol. The molecule has 1 N–H and O–H groups in total. The number of aromatic nitrogens is 2. The van der Waals surface area contributed by atoms with E-state index in [1.807, 2.05) is 19.1 Å². The molecule has 5 nitrogen and oxygen atoms in total. The van der Waals surface area contributed by atoms with Crippen LogP contribution < -0.4 is 10.1 Å². The van der Waals surface area contributed by atoms with Crippen LogP contribution in [-0.2, 0) is 11.8 Å². The summed E-state index contributed by atoms with van der Waals surface area (Å²) in [5.41, 5.74) is 3.48. The fourth-order valence-corrected chi connectivity index (χ4v) is 3.19. The fourth-order valence-electron chi connectivity index (χ4n) is 3.19. The van der Waals surface area contributed by atoms with Gasteiger partial charge in [-0.25, -0.2) is 0 Å². The SMILES string of the molecule is CCOc1ccc(-c2cccc(NCCCCCc3nc(C(C)(C)C)no3)c2)cc1. The molecule has 0 atom stereocenters. The molecule has 1 aromatic heterocycles. The van der Waals surface area contributed by atoms with Gasteiger partial charge in [0.1, 0.15) is 5.75 Å². The van der Waals surface area contributed by atoms with Crippen LogP contribution in [0.2, 0.25) is 0 Å². The second-order valence-corrected chi connectivity index (χ2v) is 8.54. The lowest BCUT2D eigenvalue weighted by atomic mass is 9.96. The molecular weight excluding hydrogens is 374 g/mol. The Hall–Kier alpha value is -2.82. The van der Waals surface area contributed by atoms with Crippen LogP contribution in [0.15, 0.2) is 53.1 Å². The van der Waals surface area contributed by atoms with Crippen LogP contribution >= 0.6 is 0 Å². The van der Waals surface area contributed by atoms with Gasteiger partial charge >= 0.3 is 0 Å². The first-order valence-electron chi connectivity index (χ1n) is 10.9. The highest BCUT2D eigenvalue weighted by Crippen LogP contribution is 2.25. The smallest absolute Gasteiger partial charge is 0.226 e. The summed E-state index contributed by atoms with van der Waals surface area (Å²) in [6, 6.07) is 16.8. The number of rotatable bonds is 10. The minimum Gasteiger partial charge on any atom is -0.494 e. The van der Waals surface area contributed by atoms with Crippen molar-refractivity contribution in [1.82, 2.24) is 10.1 Å². The quantitative estimate of drug-likeness (QED) is 0.402. The van der Waals surface area contributed by atoms with Crippen LogP contribution in [0.1, 0.15) is 58.7 Å². The Morgan fingerprint density at radius 1 is 0.967 bits per heavy atom. The van der Waals surface area contributed by atoms with Gasteiger partial charge in [0.25, 0.3) is 0 Å². The van der Waals surface area contributed by atoms with E-state index in [2.05, 4.69) is 72.6 Å². The van der Waals surface area contributed by atoms with Crippen molar-refractivity contribution >= 4 is 5.69 Å². The Morgan fingerprint density at radius 2 is 1.77 bits per heavy atom. The molecule has 1 heterocycles. The van der Waals surface area contributed by atoms with Crippen molar-refractivity contribution in [3.63, 3.8) is 0 Å². The lowest BCUT2D eigenvalue weighted by Gasteiger charge is -2.10. The Labute approximate surface area is 179 Å². The van der Waals surface area contributed by atoms with E-state index in [1.165, 1.54) is 11.1 Å². The van der Waals surface area contributed by atoms with Crippen LogP contribution in [-0.4, -0.2) is 23.3 Å². The molecule has 0 unspecified atom stereocenters. The summed E-state index contributed by atoms with van der Waals surface area (Å²) in [5.74, 6) is 2.44. The monoisotopic (exact) mass is 407 g/mol. The van der Waals surface area contributed by atoms with Gasteiger partial charge in [-0.3, -0.25) is 0 Å². The Bertz CT molecular complexity index is 911. The third-order valence-electron chi connectivity index (χ3n) is 4.90. The highest BCUT2D eigenvalue weighted by molar-refractivity contribution is 5.68. The Balaban J connectivity index is 1.41. The molecule has 3 rings (SSSR count). The standard InChI is InChI=1S/C25H33N3O2/c1-5-29-22-15-13-19(14-16-22)20-10-9-11-21(18-20)26-17-8-6-7-12-23-27-24(28-30-23)25(2,3)4/h9-11,13-16,18,26H,5-8,12,17H2,1-4H3. The maximum Gasteiger partial charge on any atom is 0.226 e. The number of hydrogen-bond donors (Lipinski definition) is 1. The van der Waals surface area contributed by atoms with Crippen LogP contribution in [0.25, 0.3) is 11.1 Å². The summed E-state index contributed by atoms with van der Waals surface area (Å²) < 4.78 is 10.9. The Morgan fingerprint density at radius 3 is 2.47 bits per heavy atom. The van der Waals surface area contributed by atoms with Crippen molar-refractivity contribution in [3.05, 3.63) is 60.2 Å². The average molecular weight is 408 g/mol. The number of unbranched alkanes of at least 4 members (excludes halogenated alkanes) is 2. The molecule has 0 spiro atoms. The van der Waals surface area contributed by atoms with Crippen molar-refractivity contribution < 1.29 is 9.26 Å². The number of anilines is 1. The molecule has 5 heteroatoms. The van der Waals surface area contributed by atoms with Gasteiger partial charge in [-0.05, 0) is 55.2 Å². The first-order chi connectivity index (χ1) is 14.5. The average Bonchev–Trinajstić information content (AvgIpc) is 3.21. The van der Waals surface area contributed by atoms with Gasteiger partial charge < -0.3 is 14.6 Å². The highest BCUT2D eigenvalue weighted by atomic mass is 16.5. The van der Waals surface area contributed by atoms with Crippen LogP contribution in [0.5, 0.6) is 5.75 Å². The summed E-state index contributed by atoms with van der Waals surface area (Å²) in [4.78, 5) is 4.50. The van der Waals surface area contributed by atoms with Gasteiger partial charge in [0.05, 0.1) is 6.61 Å². The molecule has 0 aliphatic carbocycles.